The summed E-state index contributed by atoms with van der Waals surface area (Å²) in [5.41, 5.74) is 8.10. The van der Waals surface area contributed by atoms with Crippen LogP contribution in [-0.4, -0.2) is 15.0 Å². The Bertz CT molecular complexity index is 2150. The summed E-state index contributed by atoms with van der Waals surface area (Å²) in [7, 11) is 0. The SMILES string of the molecule is c1ccc2cc(-c3cc(-c4ccc5ccccc5c4)nc(-c4ccc(-c5cnc6ccccc6c5)cc4)n3)ccc2c1. The maximum atomic E-state index is 5.09. The molecule has 8 aromatic rings. The Balaban J connectivity index is 1.25. The van der Waals surface area contributed by atoms with Crippen LogP contribution in [-0.2, 0) is 0 Å². The molecule has 3 heteroatoms. The van der Waals surface area contributed by atoms with Crippen LogP contribution in [0.4, 0.5) is 0 Å². The number of benzene rings is 6. The second-order valence-corrected chi connectivity index (χ2v) is 10.6. The number of aromatic nitrogens is 3. The van der Waals surface area contributed by atoms with Crippen molar-refractivity contribution in [2.45, 2.75) is 0 Å². The molecule has 0 aliphatic heterocycles. The van der Waals surface area contributed by atoms with E-state index in [0.717, 1.165) is 50.1 Å². The lowest BCUT2D eigenvalue weighted by atomic mass is 10.0. The Morgan fingerprint density at radius 1 is 0.333 bits per heavy atom. The van der Waals surface area contributed by atoms with Crippen molar-refractivity contribution < 1.29 is 0 Å². The molecule has 2 aromatic heterocycles. The number of hydrogen-bond donors (Lipinski definition) is 0. The average molecular weight is 536 g/mol. The van der Waals surface area contributed by atoms with Crippen LogP contribution in [0.25, 0.3) is 77.5 Å². The molecule has 0 aliphatic carbocycles. The molecule has 196 valence electrons. The Morgan fingerprint density at radius 3 is 1.43 bits per heavy atom. The topological polar surface area (TPSA) is 38.7 Å². The van der Waals surface area contributed by atoms with Crippen LogP contribution in [0.5, 0.6) is 0 Å². The lowest BCUT2D eigenvalue weighted by Gasteiger charge is -2.11. The second-order valence-electron chi connectivity index (χ2n) is 10.6. The highest BCUT2D eigenvalue weighted by molar-refractivity contribution is 5.89. The van der Waals surface area contributed by atoms with Crippen LogP contribution >= 0.6 is 0 Å². The first kappa shape index (κ1) is 24.2. The van der Waals surface area contributed by atoms with Gasteiger partial charge in [-0.3, -0.25) is 4.98 Å². The lowest BCUT2D eigenvalue weighted by molar-refractivity contribution is 1.18. The number of para-hydroxylation sites is 1. The standard InChI is InChI=1S/C39H25N3/c1-3-9-30-21-33(19-15-26(30)7-1)37-24-38(34-20-16-27-8-2-4-10-31(27)22-34)42-39(41-37)29-17-13-28(14-18-29)35-23-32-11-5-6-12-36(32)40-25-35/h1-25H. The summed E-state index contributed by atoms with van der Waals surface area (Å²) in [4.78, 5) is 14.8. The molecule has 0 saturated heterocycles. The van der Waals surface area contributed by atoms with E-state index in [-0.39, 0.29) is 0 Å². The van der Waals surface area contributed by atoms with E-state index in [9.17, 15) is 0 Å². The second kappa shape index (κ2) is 10.1. The fourth-order valence-corrected chi connectivity index (χ4v) is 5.61. The number of rotatable bonds is 4. The van der Waals surface area contributed by atoms with E-state index in [1.54, 1.807) is 0 Å². The largest absolute Gasteiger partial charge is 0.256 e. The molecule has 0 spiro atoms. The summed E-state index contributed by atoms with van der Waals surface area (Å²) in [5.74, 6) is 0.701. The van der Waals surface area contributed by atoms with Crippen molar-refractivity contribution in [3.8, 4) is 45.0 Å². The van der Waals surface area contributed by atoms with E-state index in [1.807, 2.05) is 24.4 Å². The molecule has 0 amide bonds. The molecule has 0 fully saturated rings. The Labute approximate surface area is 243 Å². The number of fused-ring (bicyclic) bond motifs is 3. The van der Waals surface area contributed by atoms with Gasteiger partial charge in [0.2, 0.25) is 0 Å². The quantitative estimate of drug-likeness (QED) is 0.225. The zero-order valence-electron chi connectivity index (χ0n) is 22.8. The van der Waals surface area contributed by atoms with Crippen molar-refractivity contribution >= 4 is 32.4 Å². The molecule has 0 saturated carbocycles. The third-order valence-electron chi connectivity index (χ3n) is 7.88. The predicted octanol–water partition coefficient (Wildman–Crippen LogP) is 10.00. The van der Waals surface area contributed by atoms with Gasteiger partial charge in [-0.1, -0.05) is 115 Å². The van der Waals surface area contributed by atoms with Gasteiger partial charge < -0.3 is 0 Å². The minimum Gasteiger partial charge on any atom is -0.256 e. The van der Waals surface area contributed by atoms with E-state index in [1.165, 1.54) is 21.5 Å². The van der Waals surface area contributed by atoms with Crippen molar-refractivity contribution in [1.29, 1.82) is 0 Å². The van der Waals surface area contributed by atoms with E-state index in [0.29, 0.717) is 5.82 Å². The van der Waals surface area contributed by atoms with E-state index >= 15 is 0 Å². The molecule has 0 aliphatic rings. The molecule has 0 N–H and O–H groups in total. The summed E-state index contributed by atoms with van der Waals surface area (Å²) in [5, 5.41) is 5.94. The summed E-state index contributed by atoms with van der Waals surface area (Å²) in [6.45, 7) is 0. The summed E-state index contributed by atoms with van der Waals surface area (Å²) in [6.07, 6.45) is 1.94. The van der Waals surface area contributed by atoms with Crippen LogP contribution in [0.3, 0.4) is 0 Å². The number of pyridine rings is 1. The van der Waals surface area contributed by atoms with Gasteiger partial charge in [-0.25, -0.2) is 9.97 Å². The third-order valence-corrected chi connectivity index (χ3v) is 7.88. The van der Waals surface area contributed by atoms with Gasteiger partial charge in [-0.2, -0.15) is 0 Å². The van der Waals surface area contributed by atoms with Crippen molar-refractivity contribution in [3.05, 3.63) is 152 Å². The average Bonchev–Trinajstić information content (AvgIpc) is 3.07. The van der Waals surface area contributed by atoms with Gasteiger partial charge in [-0.05, 0) is 57.4 Å². The van der Waals surface area contributed by atoms with Gasteiger partial charge in [0.1, 0.15) is 0 Å². The molecule has 0 bridgehead atoms. The number of nitrogens with zero attached hydrogens (tertiary/aromatic N) is 3. The summed E-state index contributed by atoms with van der Waals surface area (Å²) < 4.78 is 0. The molecule has 3 nitrogen and oxygen atoms in total. The van der Waals surface area contributed by atoms with E-state index in [4.69, 9.17) is 9.97 Å². The first-order chi connectivity index (χ1) is 20.8. The fourth-order valence-electron chi connectivity index (χ4n) is 5.61. The van der Waals surface area contributed by atoms with Gasteiger partial charge >= 0.3 is 0 Å². The predicted molar refractivity (Wildman–Crippen MR) is 174 cm³/mol. The Morgan fingerprint density at radius 2 is 0.810 bits per heavy atom. The van der Waals surface area contributed by atoms with Crippen molar-refractivity contribution in [2.24, 2.45) is 0 Å². The van der Waals surface area contributed by atoms with Gasteiger partial charge in [0, 0.05) is 33.8 Å². The molecule has 0 radical (unpaired) electrons. The van der Waals surface area contributed by atoms with Gasteiger partial charge in [0.25, 0.3) is 0 Å². The number of hydrogen-bond acceptors (Lipinski definition) is 3. The highest BCUT2D eigenvalue weighted by Crippen LogP contribution is 2.32. The fraction of sp³-hybridized carbons (Fsp3) is 0. The summed E-state index contributed by atoms with van der Waals surface area (Å²) in [6, 6.07) is 50.8. The monoisotopic (exact) mass is 535 g/mol. The molecule has 2 heterocycles. The van der Waals surface area contributed by atoms with Crippen molar-refractivity contribution in [1.82, 2.24) is 15.0 Å². The van der Waals surface area contributed by atoms with E-state index in [2.05, 4.69) is 132 Å². The zero-order valence-corrected chi connectivity index (χ0v) is 22.8. The van der Waals surface area contributed by atoms with Crippen LogP contribution in [0, 0.1) is 0 Å². The van der Waals surface area contributed by atoms with Crippen molar-refractivity contribution in [3.63, 3.8) is 0 Å². The molecule has 6 aromatic carbocycles. The van der Waals surface area contributed by atoms with Crippen LogP contribution in [0.2, 0.25) is 0 Å². The zero-order chi connectivity index (χ0) is 27.9. The Kier molecular flexibility index (Phi) is 5.79. The smallest absolute Gasteiger partial charge is 0.160 e. The maximum Gasteiger partial charge on any atom is 0.160 e. The Hall–Kier alpha value is -5.67. The first-order valence-corrected chi connectivity index (χ1v) is 14.1. The highest BCUT2D eigenvalue weighted by atomic mass is 14.9. The minimum absolute atomic E-state index is 0.701. The van der Waals surface area contributed by atoms with Crippen LogP contribution < -0.4 is 0 Å². The highest BCUT2D eigenvalue weighted by Gasteiger charge is 2.12. The summed E-state index contributed by atoms with van der Waals surface area (Å²) >= 11 is 0. The van der Waals surface area contributed by atoms with Crippen LogP contribution in [0.15, 0.2) is 152 Å². The first-order valence-electron chi connectivity index (χ1n) is 14.1. The van der Waals surface area contributed by atoms with E-state index < -0.39 is 0 Å². The maximum absolute atomic E-state index is 5.09. The molecule has 0 atom stereocenters. The molecule has 0 unspecified atom stereocenters. The molecule has 8 rings (SSSR count). The van der Waals surface area contributed by atoms with Gasteiger partial charge in [-0.15, -0.1) is 0 Å². The molecular formula is C39H25N3. The van der Waals surface area contributed by atoms with Gasteiger partial charge in [0.05, 0.1) is 16.9 Å². The normalized spacial score (nSPS) is 11.3. The minimum atomic E-state index is 0.701. The van der Waals surface area contributed by atoms with Crippen LogP contribution in [0.1, 0.15) is 0 Å². The van der Waals surface area contributed by atoms with Crippen molar-refractivity contribution in [2.75, 3.05) is 0 Å². The third kappa shape index (κ3) is 4.47. The molecular weight excluding hydrogens is 510 g/mol. The molecule has 42 heavy (non-hydrogen) atoms. The van der Waals surface area contributed by atoms with Gasteiger partial charge in [0.15, 0.2) is 5.82 Å². The lowest BCUT2D eigenvalue weighted by Crippen LogP contribution is -1.96.